The highest BCUT2D eigenvalue weighted by atomic mass is 16.1. The Morgan fingerprint density at radius 2 is 1.91 bits per heavy atom. The molecule has 0 aromatic rings. The van der Waals surface area contributed by atoms with Crippen LogP contribution in [0, 0.1) is 0 Å². The van der Waals surface area contributed by atoms with Crippen molar-refractivity contribution >= 4 is 12.1 Å². The third-order valence-electron chi connectivity index (χ3n) is 0.864. The second kappa shape index (κ2) is 8.88. The van der Waals surface area contributed by atoms with Crippen molar-refractivity contribution in [1.29, 1.82) is 0 Å². The lowest BCUT2D eigenvalue weighted by Gasteiger charge is -1.88. The quantitative estimate of drug-likeness (QED) is 0.473. The lowest BCUT2D eigenvalue weighted by molar-refractivity contribution is -0.114. The van der Waals surface area contributed by atoms with Gasteiger partial charge in [-0.15, -0.1) is 0 Å². The number of nitrogens with zero attached hydrogens (tertiary/aromatic N) is 1. The zero-order chi connectivity index (χ0) is 9.28. The molecular weight excluding hydrogens is 140 g/mol. The third-order valence-corrected chi connectivity index (χ3v) is 0.864. The van der Waals surface area contributed by atoms with Crippen LogP contribution in [0.3, 0.4) is 0 Å². The molecule has 0 fully saturated rings. The summed E-state index contributed by atoms with van der Waals surface area (Å²) in [6.45, 7) is 5.74. The van der Waals surface area contributed by atoms with E-state index >= 15 is 0 Å². The number of amides is 1. The molecule has 3 nitrogen and oxygen atoms in total. The van der Waals surface area contributed by atoms with Crippen molar-refractivity contribution in [2.75, 3.05) is 7.05 Å². The van der Waals surface area contributed by atoms with E-state index in [4.69, 9.17) is 5.73 Å². The molecule has 0 heterocycles. The molecule has 0 aliphatic rings. The zero-order valence-electron chi connectivity index (χ0n) is 7.59. The van der Waals surface area contributed by atoms with Crippen LogP contribution in [-0.2, 0) is 4.79 Å². The molecule has 0 bridgehead atoms. The van der Waals surface area contributed by atoms with Gasteiger partial charge in [0.25, 0.3) is 0 Å². The highest BCUT2D eigenvalue weighted by Gasteiger charge is 1.95. The number of carbonyl (C=O) groups is 1. The molecule has 0 aliphatic heterocycles. The molecule has 2 N–H and O–H groups in total. The van der Waals surface area contributed by atoms with Gasteiger partial charge in [-0.25, -0.2) is 0 Å². The summed E-state index contributed by atoms with van der Waals surface area (Å²) in [4.78, 5) is 14.0. The van der Waals surface area contributed by atoms with E-state index in [1.54, 1.807) is 20.0 Å². The number of aliphatic imine (C=N–C) groups is 1. The summed E-state index contributed by atoms with van der Waals surface area (Å²) in [5, 5.41) is 0. The summed E-state index contributed by atoms with van der Waals surface area (Å²) < 4.78 is 0. The van der Waals surface area contributed by atoms with Crippen LogP contribution in [-0.4, -0.2) is 19.2 Å². The molecule has 0 rings (SSSR count). The Morgan fingerprint density at radius 3 is 2.00 bits per heavy atom. The maximum absolute atomic E-state index is 10.4. The minimum absolute atomic E-state index is 0.442. The first kappa shape index (κ1) is 12.5. The minimum atomic E-state index is -0.442. The predicted molar refractivity (Wildman–Crippen MR) is 48.7 cm³/mol. The summed E-state index contributed by atoms with van der Waals surface area (Å²) in [7, 11) is 1.59. The van der Waals surface area contributed by atoms with E-state index in [0.29, 0.717) is 5.57 Å². The summed E-state index contributed by atoms with van der Waals surface area (Å²) in [5.41, 5.74) is 5.38. The van der Waals surface area contributed by atoms with Gasteiger partial charge in [0, 0.05) is 13.3 Å². The van der Waals surface area contributed by atoms with Crippen LogP contribution in [0.25, 0.3) is 0 Å². The molecule has 0 saturated heterocycles. The molecule has 0 aromatic carbocycles. The molecule has 0 aliphatic carbocycles. The van der Waals surface area contributed by atoms with E-state index in [9.17, 15) is 4.79 Å². The minimum Gasteiger partial charge on any atom is -0.366 e. The van der Waals surface area contributed by atoms with Crippen LogP contribution < -0.4 is 5.73 Å². The van der Waals surface area contributed by atoms with Gasteiger partial charge in [0.2, 0.25) is 5.91 Å². The molecule has 64 valence electrons. The van der Waals surface area contributed by atoms with Gasteiger partial charge in [0.05, 0.1) is 5.57 Å². The van der Waals surface area contributed by atoms with Crippen molar-refractivity contribution in [1.82, 2.24) is 0 Å². The second-order valence-corrected chi connectivity index (χ2v) is 1.50. The Morgan fingerprint density at radius 1 is 1.45 bits per heavy atom. The van der Waals surface area contributed by atoms with Gasteiger partial charge in [-0.2, -0.15) is 0 Å². The van der Waals surface area contributed by atoms with Gasteiger partial charge < -0.3 is 5.73 Å². The van der Waals surface area contributed by atoms with Crippen molar-refractivity contribution in [3.63, 3.8) is 0 Å². The van der Waals surface area contributed by atoms with Gasteiger partial charge in [0.15, 0.2) is 0 Å². The van der Waals surface area contributed by atoms with Gasteiger partial charge in [0.1, 0.15) is 0 Å². The Bertz CT molecular complexity index is 159. The first-order valence-electron chi connectivity index (χ1n) is 3.60. The molecule has 0 spiro atoms. The number of primary amides is 1. The van der Waals surface area contributed by atoms with Gasteiger partial charge in [-0.05, 0) is 6.92 Å². The van der Waals surface area contributed by atoms with E-state index in [1.807, 2.05) is 13.8 Å². The molecule has 0 unspecified atom stereocenters. The molecule has 11 heavy (non-hydrogen) atoms. The molecule has 0 aromatic heterocycles. The summed E-state index contributed by atoms with van der Waals surface area (Å²) in [6.07, 6.45) is 3.05. The van der Waals surface area contributed by atoms with E-state index in [2.05, 4.69) is 4.99 Å². The first-order valence-corrected chi connectivity index (χ1v) is 3.60. The smallest absolute Gasteiger partial charge is 0.249 e. The van der Waals surface area contributed by atoms with Gasteiger partial charge >= 0.3 is 0 Å². The summed E-state index contributed by atoms with van der Waals surface area (Å²) in [6, 6.07) is 0. The number of hydrogen-bond acceptors (Lipinski definition) is 2. The maximum Gasteiger partial charge on any atom is 0.249 e. The van der Waals surface area contributed by atoms with E-state index < -0.39 is 5.91 Å². The van der Waals surface area contributed by atoms with Crippen LogP contribution in [0.4, 0.5) is 0 Å². The monoisotopic (exact) mass is 156 g/mol. The zero-order valence-corrected chi connectivity index (χ0v) is 7.59. The third kappa shape index (κ3) is 6.77. The van der Waals surface area contributed by atoms with Crippen LogP contribution in [0.2, 0.25) is 0 Å². The van der Waals surface area contributed by atoms with Crippen LogP contribution in [0.1, 0.15) is 20.8 Å². The summed E-state index contributed by atoms with van der Waals surface area (Å²) in [5.74, 6) is -0.442. The molecule has 1 amide bonds. The summed E-state index contributed by atoms with van der Waals surface area (Å²) >= 11 is 0. The average molecular weight is 156 g/mol. The van der Waals surface area contributed by atoms with Crippen LogP contribution >= 0.6 is 0 Å². The lowest BCUT2D eigenvalue weighted by atomic mass is 10.3. The van der Waals surface area contributed by atoms with Crippen molar-refractivity contribution in [3.8, 4) is 0 Å². The van der Waals surface area contributed by atoms with Crippen molar-refractivity contribution in [2.24, 2.45) is 10.7 Å². The second-order valence-electron chi connectivity index (χ2n) is 1.50. The van der Waals surface area contributed by atoms with Crippen LogP contribution in [0.15, 0.2) is 16.6 Å². The fraction of sp³-hybridized carbons (Fsp3) is 0.500. The van der Waals surface area contributed by atoms with Gasteiger partial charge in [-0.3, -0.25) is 9.79 Å². The largest absolute Gasteiger partial charge is 0.366 e. The first-order chi connectivity index (χ1) is 5.22. The van der Waals surface area contributed by atoms with E-state index in [1.165, 1.54) is 6.21 Å². The van der Waals surface area contributed by atoms with Gasteiger partial charge in [-0.1, -0.05) is 19.9 Å². The highest BCUT2D eigenvalue weighted by Crippen LogP contribution is 1.85. The normalized spacial score (nSPS) is 10.7. The number of rotatable bonds is 2. The molecule has 3 heteroatoms. The Hall–Kier alpha value is -1.12. The standard InChI is InChI=1S/C6H10N2O.C2H6/c1-3-5(4-8-2)6(7)9;1-2/h3-4H,1-2H3,(H2,7,9);1-2H3/b5-3+,8-4?;. The highest BCUT2D eigenvalue weighted by molar-refractivity contribution is 6.11. The number of hydrogen-bond donors (Lipinski definition) is 1. The number of nitrogens with two attached hydrogens (primary N) is 1. The van der Waals surface area contributed by atoms with E-state index in [0.717, 1.165) is 0 Å². The Kier molecular flexibility index (Phi) is 10.1. The fourth-order valence-corrected chi connectivity index (χ4v) is 0.419. The Balaban J connectivity index is 0. The molecule has 0 atom stereocenters. The lowest BCUT2D eigenvalue weighted by Crippen LogP contribution is -2.14. The molecule has 0 saturated carbocycles. The average Bonchev–Trinajstić information content (AvgIpc) is 2.03. The van der Waals surface area contributed by atoms with Crippen molar-refractivity contribution in [2.45, 2.75) is 20.8 Å². The van der Waals surface area contributed by atoms with Crippen molar-refractivity contribution in [3.05, 3.63) is 11.6 Å². The number of carbonyl (C=O) groups excluding carboxylic acids is 1. The number of allylic oxidation sites excluding steroid dienone is 1. The maximum atomic E-state index is 10.4. The van der Waals surface area contributed by atoms with Crippen LogP contribution in [0.5, 0.6) is 0 Å². The topological polar surface area (TPSA) is 55.4 Å². The predicted octanol–water partition coefficient (Wildman–Crippen LogP) is 1.14. The molecular formula is C8H16N2O. The SMILES string of the molecule is C/C=C(\C=NC)C(N)=O.CC. The molecule has 0 radical (unpaired) electrons. The Labute approximate surface area is 68.0 Å². The van der Waals surface area contributed by atoms with Crippen molar-refractivity contribution < 1.29 is 4.79 Å². The fourth-order valence-electron chi connectivity index (χ4n) is 0.419. The van der Waals surface area contributed by atoms with E-state index in [-0.39, 0.29) is 0 Å².